The van der Waals surface area contributed by atoms with Gasteiger partial charge in [0, 0.05) is 6.04 Å². The Kier molecular flexibility index (Phi) is 3.37. The molecule has 2 aliphatic rings. The van der Waals surface area contributed by atoms with Crippen LogP contribution < -0.4 is 10.6 Å². The average molecular weight is 198 g/mol. The third-order valence-corrected chi connectivity index (χ3v) is 2.91. The predicted molar refractivity (Wildman–Crippen MR) is 53.0 cm³/mol. The molecule has 0 radical (unpaired) electrons. The monoisotopic (exact) mass is 198 g/mol. The Balaban J connectivity index is 1.57. The van der Waals surface area contributed by atoms with Gasteiger partial charge in [-0.3, -0.25) is 4.79 Å². The first-order chi connectivity index (χ1) is 6.84. The molecule has 0 atom stereocenters. The molecule has 0 bridgehead atoms. The number of hydrogen-bond donors (Lipinski definition) is 2. The fourth-order valence-corrected chi connectivity index (χ4v) is 1.94. The van der Waals surface area contributed by atoms with Crippen LogP contribution in [-0.4, -0.2) is 37.7 Å². The number of hydrogen-bond acceptors (Lipinski definition) is 3. The van der Waals surface area contributed by atoms with Gasteiger partial charge in [0.05, 0.1) is 25.8 Å². The lowest BCUT2D eigenvalue weighted by molar-refractivity contribution is -0.121. The summed E-state index contributed by atoms with van der Waals surface area (Å²) < 4.78 is 5.01. The van der Waals surface area contributed by atoms with Crippen molar-refractivity contribution in [1.82, 2.24) is 10.6 Å². The summed E-state index contributed by atoms with van der Waals surface area (Å²) in [5.41, 5.74) is 0. The van der Waals surface area contributed by atoms with E-state index in [1.807, 2.05) is 0 Å². The molecule has 2 rings (SSSR count). The van der Waals surface area contributed by atoms with E-state index in [4.69, 9.17) is 4.74 Å². The summed E-state index contributed by atoms with van der Waals surface area (Å²) in [6.07, 6.45) is 4.82. The zero-order chi connectivity index (χ0) is 9.80. The van der Waals surface area contributed by atoms with Gasteiger partial charge in [0.2, 0.25) is 5.91 Å². The zero-order valence-corrected chi connectivity index (χ0v) is 8.42. The number of rotatable bonds is 4. The highest BCUT2D eigenvalue weighted by molar-refractivity contribution is 5.78. The van der Waals surface area contributed by atoms with E-state index >= 15 is 0 Å². The number of amides is 1. The van der Waals surface area contributed by atoms with E-state index in [0.29, 0.717) is 18.6 Å². The minimum absolute atomic E-state index is 0.129. The maximum Gasteiger partial charge on any atom is 0.234 e. The number of carbonyl (C=O) groups excluding carboxylic acids is 1. The van der Waals surface area contributed by atoms with Crippen molar-refractivity contribution < 1.29 is 9.53 Å². The van der Waals surface area contributed by atoms with Gasteiger partial charge >= 0.3 is 0 Å². The molecule has 1 amide bonds. The van der Waals surface area contributed by atoms with Crippen molar-refractivity contribution >= 4 is 5.91 Å². The second-order valence-electron chi connectivity index (χ2n) is 4.16. The second-order valence-corrected chi connectivity index (χ2v) is 4.16. The molecule has 1 aliphatic heterocycles. The maximum atomic E-state index is 11.4. The lowest BCUT2D eigenvalue weighted by Crippen LogP contribution is -2.50. The van der Waals surface area contributed by atoms with Crippen LogP contribution in [-0.2, 0) is 9.53 Å². The number of carbonyl (C=O) groups is 1. The summed E-state index contributed by atoms with van der Waals surface area (Å²) in [5, 5.41) is 6.20. The summed E-state index contributed by atoms with van der Waals surface area (Å²) in [4.78, 5) is 11.4. The molecule has 0 aromatic rings. The van der Waals surface area contributed by atoms with Crippen LogP contribution in [0.25, 0.3) is 0 Å². The van der Waals surface area contributed by atoms with E-state index in [0.717, 1.165) is 26.1 Å². The van der Waals surface area contributed by atoms with Crippen molar-refractivity contribution in [3.05, 3.63) is 0 Å². The molecule has 2 fully saturated rings. The molecule has 4 heteroatoms. The third kappa shape index (κ3) is 2.69. The summed E-state index contributed by atoms with van der Waals surface area (Å²) in [7, 11) is 0. The SMILES string of the molecule is O=C(CNC1COC1)NC1CCCC1. The van der Waals surface area contributed by atoms with E-state index in [1.165, 1.54) is 12.8 Å². The Hall–Kier alpha value is -0.610. The van der Waals surface area contributed by atoms with Gasteiger partial charge in [0.25, 0.3) is 0 Å². The molecule has 1 heterocycles. The smallest absolute Gasteiger partial charge is 0.234 e. The van der Waals surface area contributed by atoms with Crippen LogP contribution in [0.5, 0.6) is 0 Å². The molecular weight excluding hydrogens is 180 g/mol. The summed E-state index contributed by atoms with van der Waals surface area (Å²) in [5.74, 6) is 0.129. The van der Waals surface area contributed by atoms with Gasteiger partial charge in [-0.1, -0.05) is 12.8 Å². The van der Waals surface area contributed by atoms with E-state index in [-0.39, 0.29) is 5.91 Å². The van der Waals surface area contributed by atoms with E-state index < -0.39 is 0 Å². The van der Waals surface area contributed by atoms with Gasteiger partial charge in [0.1, 0.15) is 0 Å². The first kappa shape index (κ1) is 9.93. The quantitative estimate of drug-likeness (QED) is 0.670. The van der Waals surface area contributed by atoms with Gasteiger partial charge in [-0.25, -0.2) is 0 Å². The van der Waals surface area contributed by atoms with Crippen molar-refractivity contribution in [2.24, 2.45) is 0 Å². The van der Waals surface area contributed by atoms with E-state index in [2.05, 4.69) is 10.6 Å². The summed E-state index contributed by atoms with van der Waals surface area (Å²) in [6.45, 7) is 1.93. The van der Waals surface area contributed by atoms with Crippen LogP contribution in [0.2, 0.25) is 0 Å². The fourth-order valence-electron chi connectivity index (χ4n) is 1.94. The second kappa shape index (κ2) is 4.75. The van der Waals surface area contributed by atoms with Crippen molar-refractivity contribution in [2.75, 3.05) is 19.8 Å². The Labute approximate surface area is 84.4 Å². The summed E-state index contributed by atoms with van der Waals surface area (Å²) >= 11 is 0. The normalized spacial score (nSPS) is 23.4. The van der Waals surface area contributed by atoms with E-state index in [1.54, 1.807) is 0 Å². The fraction of sp³-hybridized carbons (Fsp3) is 0.900. The van der Waals surface area contributed by atoms with Gasteiger partial charge in [-0.15, -0.1) is 0 Å². The average Bonchev–Trinajstić information content (AvgIpc) is 2.54. The van der Waals surface area contributed by atoms with Crippen LogP contribution in [0.4, 0.5) is 0 Å². The van der Waals surface area contributed by atoms with Crippen molar-refractivity contribution in [2.45, 2.75) is 37.8 Å². The van der Waals surface area contributed by atoms with Crippen LogP contribution in [0.15, 0.2) is 0 Å². The van der Waals surface area contributed by atoms with Crippen molar-refractivity contribution in [3.8, 4) is 0 Å². The molecular formula is C10H18N2O2. The highest BCUT2D eigenvalue weighted by Gasteiger charge is 2.20. The molecule has 0 unspecified atom stereocenters. The molecule has 1 saturated carbocycles. The topological polar surface area (TPSA) is 50.4 Å². The highest BCUT2D eigenvalue weighted by atomic mass is 16.5. The molecule has 80 valence electrons. The molecule has 0 spiro atoms. The number of nitrogens with one attached hydrogen (secondary N) is 2. The van der Waals surface area contributed by atoms with Crippen molar-refractivity contribution in [1.29, 1.82) is 0 Å². The molecule has 2 N–H and O–H groups in total. The number of ether oxygens (including phenoxy) is 1. The largest absolute Gasteiger partial charge is 0.378 e. The minimum Gasteiger partial charge on any atom is -0.378 e. The van der Waals surface area contributed by atoms with Gasteiger partial charge in [0.15, 0.2) is 0 Å². The van der Waals surface area contributed by atoms with Gasteiger partial charge < -0.3 is 15.4 Å². The van der Waals surface area contributed by atoms with Gasteiger partial charge in [-0.2, -0.15) is 0 Å². The molecule has 0 aromatic heterocycles. The molecule has 1 saturated heterocycles. The molecule has 14 heavy (non-hydrogen) atoms. The lowest BCUT2D eigenvalue weighted by Gasteiger charge is -2.26. The first-order valence-corrected chi connectivity index (χ1v) is 5.45. The molecule has 0 aromatic carbocycles. The minimum atomic E-state index is 0.129. The van der Waals surface area contributed by atoms with E-state index in [9.17, 15) is 4.79 Å². The Morgan fingerprint density at radius 1 is 1.21 bits per heavy atom. The molecule has 4 nitrogen and oxygen atoms in total. The standard InChI is InChI=1S/C10H18N2O2/c13-10(5-11-9-6-14-7-9)12-8-3-1-2-4-8/h8-9,11H,1-7H2,(H,12,13). The summed E-state index contributed by atoms with van der Waals surface area (Å²) in [6, 6.07) is 0.825. The highest BCUT2D eigenvalue weighted by Crippen LogP contribution is 2.17. The van der Waals surface area contributed by atoms with Crippen LogP contribution in [0.1, 0.15) is 25.7 Å². The zero-order valence-electron chi connectivity index (χ0n) is 8.42. The van der Waals surface area contributed by atoms with Crippen LogP contribution in [0.3, 0.4) is 0 Å². The third-order valence-electron chi connectivity index (χ3n) is 2.91. The maximum absolute atomic E-state index is 11.4. The Morgan fingerprint density at radius 2 is 1.93 bits per heavy atom. The van der Waals surface area contributed by atoms with Gasteiger partial charge in [-0.05, 0) is 12.8 Å². The lowest BCUT2D eigenvalue weighted by atomic mass is 10.2. The predicted octanol–water partition coefficient (Wildman–Crippen LogP) is 0.0336. The Bertz CT molecular complexity index is 198. The Morgan fingerprint density at radius 3 is 2.50 bits per heavy atom. The van der Waals surface area contributed by atoms with Crippen LogP contribution in [0, 0.1) is 0 Å². The first-order valence-electron chi connectivity index (χ1n) is 5.45. The van der Waals surface area contributed by atoms with Crippen LogP contribution >= 0.6 is 0 Å². The van der Waals surface area contributed by atoms with Crippen molar-refractivity contribution in [3.63, 3.8) is 0 Å². The molecule has 1 aliphatic carbocycles.